The van der Waals surface area contributed by atoms with Gasteiger partial charge in [0.2, 0.25) is 0 Å². The molecule has 0 fully saturated rings. The molecule has 100 valence electrons. The molecule has 3 nitrogen and oxygen atoms in total. The second-order valence-corrected chi connectivity index (χ2v) is 5.41. The Balaban J connectivity index is 2.30. The van der Waals surface area contributed by atoms with Crippen LogP contribution in [0.5, 0.6) is 0 Å². The van der Waals surface area contributed by atoms with Crippen LogP contribution in [0.2, 0.25) is 0 Å². The number of nitrogens with zero attached hydrogens (tertiary/aromatic N) is 1. The molecule has 0 saturated carbocycles. The van der Waals surface area contributed by atoms with Crippen LogP contribution in [0.3, 0.4) is 0 Å². The van der Waals surface area contributed by atoms with Gasteiger partial charge in [-0.1, -0.05) is 25.5 Å². The predicted octanol–water partition coefficient (Wildman–Crippen LogP) is 3.06. The molecule has 2 aromatic rings. The molecule has 1 heterocycles. The fourth-order valence-corrected chi connectivity index (χ4v) is 2.36. The number of aryl methyl sites for hydroxylation is 1. The van der Waals surface area contributed by atoms with Gasteiger partial charge < -0.3 is 4.98 Å². The minimum atomic E-state index is -0.264. The molecule has 0 amide bonds. The summed E-state index contributed by atoms with van der Waals surface area (Å²) in [5, 5.41) is 0. The van der Waals surface area contributed by atoms with Crippen LogP contribution in [-0.4, -0.2) is 9.97 Å². The van der Waals surface area contributed by atoms with Crippen LogP contribution in [-0.2, 0) is 12.8 Å². The van der Waals surface area contributed by atoms with Crippen LogP contribution in [0, 0.1) is 9.39 Å². The van der Waals surface area contributed by atoms with Crippen LogP contribution >= 0.6 is 22.6 Å². The van der Waals surface area contributed by atoms with Gasteiger partial charge >= 0.3 is 0 Å². The highest BCUT2D eigenvalue weighted by Gasteiger charge is 2.08. The molecule has 2 rings (SSSR count). The molecule has 5 heteroatoms. The van der Waals surface area contributed by atoms with Gasteiger partial charge in [0, 0.05) is 6.42 Å². The molecular formula is C14H14FIN2O. The highest BCUT2D eigenvalue weighted by Crippen LogP contribution is 2.10. The minimum Gasteiger partial charge on any atom is -0.309 e. The third-order valence-corrected chi connectivity index (χ3v) is 3.86. The SMILES string of the molecule is CCCc1nc(Cc2ccc(F)cc2)[nH]c(=O)c1I. The molecule has 0 saturated heterocycles. The molecular weight excluding hydrogens is 358 g/mol. The van der Waals surface area contributed by atoms with Crippen molar-refractivity contribution in [1.29, 1.82) is 0 Å². The van der Waals surface area contributed by atoms with Crippen LogP contribution in [0.4, 0.5) is 4.39 Å². The van der Waals surface area contributed by atoms with Gasteiger partial charge in [-0.3, -0.25) is 4.79 Å². The van der Waals surface area contributed by atoms with Crippen LogP contribution in [0.15, 0.2) is 29.1 Å². The summed E-state index contributed by atoms with van der Waals surface area (Å²) in [5.74, 6) is 0.361. The fraction of sp³-hybridized carbons (Fsp3) is 0.286. The van der Waals surface area contributed by atoms with E-state index in [1.807, 2.05) is 22.6 Å². The summed E-state index contributed by atoms with van der Waals surface area (Å²) >= 11 is 2.02. The van der Waals surface area contributed by atoms with Crippen LogP contribution < -0.4 is 5.56 Å². The molecule has 0 aliphatic rings. The van der Waals surface area contributed by atoms with Gasteiger partial charge in [0.1, 0.15) is 11.6 Å². The van der Waals surface area contributed by atoms with E-state index in [0.717, 1.165) is 24.1 Å². The summed E-state index contributed by atoms with van der Waals surface area (Å²) in [6, 6.07) is 6.22. The van der Waals surface area contributed by atoms with E-state index in [-0.39, 0.29) is 11.4 Å². The van der Waals surface area contributed by atoms with Gasteiger partial charge in [-0.2, -0.15) is 0 Å². The monoisotopic (exact) mass is 372 g/mol. The first-order valence-electron chi connectivity index (χ1n) is 6.12. The van der Waals surface area contributed by atoms with Crippen molar-refractivity contribution < 1.29 is 4.39 Å². The number of H-pyrrole nitrogens is 1. The van der Waals surface area contributed by atoms with Crippen molar-refractivity contribution in [3.05, 3.63) is 61.1 Å². The van der Waals surface area contributed by atoms with Gasteiger partial charge in [-0.25, -0.2) is 9.37 Å². The van der Waals surface area contributed by atoms with E-state index >= 15 is 0 Å². The minimum absolute atomic E-state index is 0.101. The molecule has 1 aromatic heterocycles. The number of hydrogen-bond acceptors (Lipinski definition) is 2. The quantitative estimate of drug-likeness (QED) is 0.839. The molecule has 0 aliphatic carbocycles. The van der Waals surface area contributed by atoms with E-state index in [1.165, 1.54) is 12.1 Å². The molecule has 19 heavy (non-hydrogen) atoms. The molecule has 0 unspecified atom stereocenters. The zero-order valence-electron chi connectivity index (χ0n) is 10.5. The highest BCUT2D eigenvalue weighted by atomic mass is 127. The molecule has 0 spiro atoms. The lowest BCUT2D eigenvalue weighted by Gasteiger charge is -2.06. The van der Waals surface area contributed by atoms with Crippen LogP contribution in [0.25, 0.3) is 0 Å². The van der Waals surface area contributed by atoms with E-state index in [2.05, 4.69) is 16.9 Å². The zero-order valence-corrected chi connectivity index (χ0v) is 12.7. The van der Waals surface area contributed by atoms with Crippen LogP contribution in [0.1, 0.15) is 30.4 Å². The van der Waals surface area contributed by atoms with E-state index in [0.29, 0.717) is 15.8 Å². The van der Waals surface area contributed by atoms with Crippen molar-refractivity contribution in [3.8, 4) is 0 Å². The Kier molecular flexibility index (Phi) is 4.68. The van der Waals surface area contributed by atoms with Crippen molar-refractivity contribution in [2.24, 2.45) is 0 Å². The normalized spacial score (nSPS) is 10.7. The lowest BCUT2D eigenvalue weighted by Crippen LogP contribution is -2.18. The average Bonchev–Trinajstić information content (AvgIpc) is 2.38. The maximum Gasteiger partial charge on any atom is 0.264 e. The number of benzene rings is 1. The van der Waals surface area contributed by atoms with Gasteiger partial charge in [0.25, 0.3) is 5.56 Å². The summed E-state index contributed by atoms with van der Waals surface area (Å²) in [4.78, 5) is 19.1. The third kappa shape index (κ3) is 3.62. The Morgan fingerprint density at radius 2 is 2.00 bits per heavy atom. The molecule has 0 aliphatic heterocycles. The Hall–Kier alpha value is -1.24. The lowest BCUT2D eigenvalue weighted by molar-refractivity contribution is 0.627. The van der Waals surface area contributed by atoms with E-state index in [4.69, 9.17) is 0 Å². The Labute approximate surface area is 124 Å². The first kappa shape index (κ1) is 14.2. The Morgan fingerprint density at radius 1 is 1.32 bits per heavy atom. The topological polar surface area (TPSA) is 45.8 Å². The van der Waals surface area contributed by atoms with Crippen molar-refractivity contribution >= 4 is 22.6 Å². The standard InChI is InChI=1S/C14H14FIN2O/c1-2-3-11-13(16)14(19)18-12(17-11)8-9-4-6-10(15)7-5-9/h4-7H,2-3,8H2,1H3,(H,17,18,19). The Bertz CT molecular complexity index is 622. The Morgan fingerprint density at radius 3 is 2.63 bits per heavy atom. The van der Waals surface area contributed by atoms with Gasteiger partial charge in [0.15, 0.2) is 0 Å². The lowest BCUT2D eigenvalue weighted by atomic mass is 10.1. The van der Waals surface area contributed by atoms with Gasteiger partial charge in [0.05, 0.1) is 9.26 Å². The number of rotatable bonds is 4. The molecule has 1 N–H and O–H groups in total. The van der Waals surface area contributed by atoms with E-state index in [1.54, 1.807) is 12.1 Å². The maximum absolute atomic E-state index is 12.8. The largest absolute Gasteiger partial charge is 0.309 e. The number of aromatic nitrogens is 2. The summed E-state index contributed by atoms with van der Waals surface area (Å²) in [7, 11) is 0. The summed E-state index contributed by atoms with van der Waals surface area (Å²) < 4.78 is 13.5. The average molecular weight is 372 g/mol. The smallest absolute Gasteiger partial charge is 0.264 e. The van der Waals surface area contributed by atoms with Crippen molar-refractivity contribution in [2.45, 2.75) is 26.2 Å². The van der Waals surface area contributed by atoms with Gasteiger partial charge in [-0.15, -0.1) is 0 Å². The molecule has 0 bridgehead atoms. The summed E-state index contributed by atoms with van der Waals surface area (Å²) in [6.07, 6.45) is 2.24. The maximum atomic E-state index is 12.8. The van der Waals surface area contributed by atoms with Crippen molar-refractivity contribution in [2.75, 3.05) is 0 Å². The van der Waals surface area contributed by atoms with Gasteiger partial charge in [-0.05, 0) is 46.7 Å². The van der Waals surface area contributed by atoms with Crippen molar-refractivity contribution in [1.82, 2.24) is 9.97 Å². The molecule has 0 atom stereocenters. The second-order valence-electron chi connectivity index (χ2n) is 4.33. The first-order valence-corrected chi connectivity index (χ1v) is 7.20. The molecule has 0 radical (unpaired) electrons. The van der Waals surface area contributed by atoms with Crippen molar-refractivity contribution in [3.63, 3.8) is 0 Å². The highest BCUT2D eigenvalue weighted by molar-refractivity contribution is 14.1. The number of nitrogens with one attached hydrogen (secondary N) is 1. The molecule has 1 aromatic carbocycles. The third-order valence-electron chi connectivity index (χ3n) is 2.75. The van der Waals surface area contributed by atoms with E-state index < -0.39 is 0 Å². The number of halogens is 2. The van der Waals surface area contributed by atoms with E-state index in [9.17, 15) is 9.18 Å². The number of aromatic amines is 1. The fourth-order valence-electron chi connectivity index (χ4n) is 1.84. The summed E-state index contributed by atoms with van der Waals surface area (Å²) in [6.45, 7) is 2.05. The second kappa shape index (κ2) is 6.27. The number of hydrogen-bond donors (Lipinski definition) is 1. The predicted molar refractivity (Wildman–Crippen MR) is 80.8 cm³/mol. The zero-order chi connectivity index (χ0) is 13.8. The summed E-state index contributed by atoms with van der Waals surface area (Å²) in [5.41, 5.74) is 1.66. The first-order chi connectivity index (χ1) is 9.10.